The van der Waals surface area contributed by atoms with Gasteiger partial charge in [0.2, 0.25) is 0 Å². The molecule has 0 fully saturated rings. The number of anilines is 3. The van der Waals surface area contributed by atoms with Crippen molar-refractivity contribution in [3.8, 4) is 0 Å². The van der Waals surface area contributed by atoms with Crippen molar-refractivity contribution in [3.63, 3.8) is 0 Å². The van der Waals surface area contributed by atoms with Gasteiger partial charge in [0.05, 0.1) is 0 Å². The molecule has 0 aromatic heterocycles. The van der Waals surface area contributed by atoms with Crippen molar-refractivity contribution < 1.29 is 0 Å². The van der Waals surface area contributed by atoms with Crippen LogP contribution in [0.3, 0.4) is 0 Å². The first kappa shape index (κ1) is 16.1. The smallest absolute Gasteiger partial charge is 0.0462 e. The van der Waals surface area contributed by atoms with Crippen LogP contribution in [0.25, 0.3) is 6.08 Å². The number of aryl methyl sites for hydroxylation is 2. The van der Waals surface area contributed by atoms with Gasteiger partial charge in [-0.1, -0.05) is 59.7 Å². The second-order valence-electron chi connectivity index (χ2n) is 6.10. The van der Waals surface area contributed by atoms with Gasteiger partial charge in [0.15, 0.2) is 0 Å². The van der Waals surface area contributed by atoms with Gasteiger partial charge in [0, 0.05) is 17.1 Å². The van der Waals surface area contributed by atoms with Gasteiger partial charge in [0.1, 0.15) is 0 Å². The minimum Gasteiger partial charge on any atom is -0.311 e. The van der Waals surface area contributed by atoms with Gasteiger partial charge in [-0.3, -0.25) is 0 Å². The molecule has 1 nitrogen and oxygen atoms in total. The van der Waals surface area contributed by atoms with Crippen LogP contribution in [-0.4, -0.2) is 0 Å². The van der Waals surface area contributed by atoms with Gasteiger partial charge in [-0.15, -0.1) is 0 Å². The number of rotatable bonds is 4. The van der Waals surface area contributed by atoms with E-state index in [1.165, 1.54) is 28.1 Å². The Morgan fingerprint density at radius 3 is 1.33 bits per heavy atom. The van der Waals surface area contributed by atoms with E-state index >= 15 is 0 Å². The minimum atomic E-state index is 1.16. The first-order valence-electron chi connectivity index (χ1n) is 8.33. The highest BCUT2D eigenvalue weighted by molar-refractivity contribution is 5.77. The van der Waals surface area contributed by atoms with E-state index in [1.807, 2.05) is 6.92 Å². The zero-order valence-corrected chi connectivity index (χ0v) is 14.5. The summed E-state index contributed by atoms with van der Waals surface area (Å²) < 4.78 is 0. The van der Waals surface area contributed by atoms with Gasteiger partial charge in [-0.2, -0.15) is 0 Å². The van der Waals surface area contributed by atoms with Crippen molar-refractivity contribution in [2.75, 3.05) is 4.90 Å². The Morgan fingerprint density at radius 2 is 0.958 bits per heavy atom. The molecular weight excluding hydrogens is 290 g/mol. The molecule has 3 rings (SSSR count). The summed E-state index contributed by atoms with van der Waals surface area (Å²) in [7, 11) is 0. The van der Waals surface area contributed by atoms with Gasteiger partial charge in [-0.25, -0.2) is 0 Å². The number of hydrogen-bond acceptors (Lipinski definition) is 1. The fourth-order valence-electron chi connectivity index (χ4n) is 2.76. The van der Waals surface area contributed by atoms with Crippen molar-refractivity contribution in [2.24, 2.45) is 0 Å². The Bertz CT molecular complexity index is 764. The van der Waals surface area contributed by atoms with Crippen LogP contribution in [0.15, 0.2) is 78.9 Å². The van der Waals surface area contributed by atoms with Crippen LogP contribution in [0, 0.1) is 13.8 Å². The van der Waals surface area contributed by atoms with E-state index in [0.29, 0.717) is 0 Å². The fraction of sp³-hybridized carbons (Fsp3) is 0.130. The van der Waals surface area contributed by atoms with E-state index < -0.39 is 0 Å². The van der Waals surface area contributed by atoms with E-state index in [-0.39, 0.29) is 0 Å². The summed E-state index contributed by atoms with van der Waals surface area (Å²) >= 11 is 0. The first-order chi connectivity index (χ1) is 11.7. The highest BCUT2D eigenvalue weighted by Crippen LogP contribution is 2.34. The topological polar surface area (TPSA) is 3.24 Å². The molecule has 0 spiro atoms. The highest BCUT2D eigenvalue weighted by Gasteiger charge is 2.11. The lowest BCUT2D eigenvalue weighted by molar-refractivity contribution is 1.27. The SMILES string of the molecule is C/C=C\c1ccc(N(c2ccc(C)cc2)c2ccc(C)cc2)cc1. The summed E-state index contributed by atoms with van der Waals surface area (Å²) in [5.41, 5.74) is 7.26. The molecule has 0 radical (unpaired) electrons. The maximum absolute atomic E-state index is 2.29. The number of nitrogens with zero attached hydrogens (tertiary/aromatic N) is 1. The zero-order chi connectivity index (χ0) is 16.9. The van der Waals surface area contributed by atoms with Crippen molar-refractivity contribution in [1.29, 1.82) is 0 Å². The molecule has 0 aliphatic carbocycles. The molecule has 120 valence electrons. The highest BCUT2D eigenvalue weighted by atomic mass is 15.1. The normalized spacial score (nSPS) is 11.0. The van der Waals surface area contributed by atoms with E-state index in [1.54, 1.807) is 0 Å². The molecule has 1 heteroatoms. The van der Waals surface area contributed by atoms with Crippen LogP contribution in [-0.2, 0) is 0 Å². The fourth-order valence-corrected chi connectivity index (χ4v) is 2.76. The molecule has 0 unspecified atom stereocenters. The second kappa shape index (κ2) is 7.18. The molecular formula is C23H23N. The second-order valence-corrected chi connectivity index (χ2v) is 6.10. The third-order valence-corrected chi connectivity index (χ3v) is 4.09. The molecule has 3 aromatic rings. The summed E-state index contributed by atoms with van der Waals surface area (Å²) in [6, 6.07) is 26.0. The molecule has 0 saturated carbocycles. The van der Waals surface area contributed by atoms with Crippen LogP contribution in [0.5, 0.6) is 0 Å². The molecule has 0 bridgehead atoms. The number of allylic oxidation sites excluding steroid dienone is 1. The maximum Gasteiger partial charge on any atom is 0.0462 e. The van der Waals surface area contributed by atoms with E-state index in [4.69, 9.17) is 0 Å². The molecule has 0 N–H and O–H groups in total. The molecule has 24 heavy (non-hydrogen) atoms. The molecule has 0 amide bonds. The van der Waals surface area contributed by atoms with Crippen LogP contribution >= 0.6 is 0 Å². The van der Waals surface area contributed by atoms with Gasteiger partial charge in [0.25, 0.3) is 0 Å². The van der Waals surface area contributed by atoms with Crippen molar-refractivity contribution in [1.82, 2.24) is 0 Å². The average molecular weight is 313 g/mol. The first-order valence-corrected chi connectivity index (χ1v) is 8.33. The van der Waals surface area contributed by atoms with Gasteiger partial charge < -0.3 is 4.90 Å². The molecule has 0 heterocycles. The van der Waals surface area contributed by atoms with Gasteiger partial charge in [-0.05, 0) is 62.7 Å². The predicted octanol–water partition coefficient (Wildman–Crippen LogP) is 6.81. The Balaban J connectivity index is 2.07. The summed E-state index contributed by atoms with van der Waals surface area (Å²) in [6.45, 7) is 6.27. The lowest BCUT2D eigenvalue weighted by atomic mass is 10.1. The van der Waals surface area contributed by atoms with Crippen molar-refractivity contribution in [2.45, 2.75) is 20.8 Å². The average Bonchev–Trinajstić information content (AvgIpc) is 2.60. The molecule has 0 aliphatic rings. The summed E-state index contributed by atoms with van der Waals surface area (Å²) in [5.74, 6) is 0. The Kier molecular flexibility index (Phi) is 4.81. The molecule has 0 aliphatic heterocycles. The molecule has 0 atom stereocenters. The Labute approximate surface area is 144 Å². The lowest BCUT2D eigenvalue weighted by Gasteiger charge is -2.25. The third-order valence-electron chi connectivity index (χ3n) is 4.09. The van der Waals surface area contributed by atoms with Crippen LogP contribution in [0.2, 0.25) is 0 Å². The molecule has 0 saturated heterocycles. The quantitative estimate of drug-likeness (QED) is 0.511. The molecule has 3 aromatic carbocycles. The monoisotopic (exact) mass is 313 g/mol. The standard InChI is InChI=1S/C23H23N/c1-4-5-20-10-16-23(17-11-20)24(21-12-6-18(2)7-13-21)22-14-8-19(3)9-15-22/h4-17H,1-3H3/b5-4-. The summed E-state index contributed by atoms with van der Waals surface area (Å²) in [4.78, 5) is 2.29. The summed E-state index contributed by atoms with van der Waals surface area (Å²) in [5, 5.41) is 0. The number of hydrogen-bond donors (Lipinski definition) is 0. The maximum atomic E-state index is 2.29. The van der Waals surface area contributed by atoms with Crippen molar-refractivity contribution >= 4 is 23.1 Å². The third kappa shape index (κ3) is 3.57. The minimum absolute atomic E-state index is 1.16. The van der Waals surface area contributed by atoms with Crippen LogP contribution < -0.4 is 4.90 Å². The van der Waals surface area contributed by atoms with E-state index in [2.05, 4.69) is 104 Å². The summed E-state index contributed by atoms with van der Waals surface area (Å²) in [6.07, 6.45) is 4.18. The Morgan fingerprint density at radius 1 is 0.583 bits per heavy atom. The van der Waals surface area contributed by atoms with E-state index in [9.17, 15) is 0 Å². The lowest BCUT2D eigenvalue weighted by Crippen LogP contribution is -2.09. The largest absolute Gasteiger partial charge is 0.311 e. The Hall–Kier alpha value is -2.80. The number of benzene rings is 3. The zero-order valence-electron chi connectivity index (χ0n) is 14.5. The van der Waals surface area contributed by atoms with Crippen LogP contribution in [0.1, 0.15) is 23.6 Å². The van der Waals surface area contributed by atoms with Crippen LogP contribution in [0.4, 0.5) is 17.1 Å². The van der Waals surface area contributed by atoms with E-state index in [0.717, 1.165) is 5.69 Å². The predicted molar refractivity (Wildman–Crippen MR) is 105 cm³/mol. The van der Waals surface area contributed by atoms with Gasteiger partial charge >= 0.3 is 0 Å². The van der Waals surface area contributed by atoms with Crippen molar-refractivity contribution in [3.05, 3.63) is 95.6 Å².